The van der Waals surface area contributed by atoms with Gasteiger partial charge in [0.2, 0.25) is 10.0 Å². The van der Waals surface area contributed by atoms with Crippen LogP contribution in [0.5, 0.6) is 0 Å². The molecule has 0 saturated heterocycles. The molecule has 23 heavy (non-hydrogen) atoms. The Morgan fingerprint density at radius 2 is 1.87 bits per heavy atom. The molecule has 1 aromatic heterocycles. The van der Waals surface area contributed by atoms with E-state index in [1.807, 2.05) is 24.3 Å². The van der Waals surface area contributed by atoms with E-state index in [9.17, 15) is 8.42 Å². The highest BCUT2D eigenvalue weighted by molar-refractivity contribution is 7.89. The van der Waals surface area contributed by atoms with Gasteiger partial charge in [0.1, 0.15) is 11.6 Å². The van der Waals surface area contributed by atoms with E-state index < -0.39 is 10.0 Å². The van der Waals surface area contributed by atoms with Crippen molar-refractivity contribution in [1.82, 2.24) is 14.7 Å². The van der Waals surface area contributed by atoms with E-state index in [0.717, 1.165) is 5.39 Å². The van der Waals surface area contributed by atoms with Crippen LogP contribution in [0.2, 0.25) is 0 Å². The van der Waals surface area contributed by atoms with Crippen molar-refractivity contribution < 1.29 is 8.42 Å². The van der Waals surface area contributed by atoms with E-state index in [4.69, 9.17) is 5.73 Å². The predicted molar refractivity (Wildman–Crippen MR) is 89.2 cm³/mol. The maximum atomic E-state index is 12.6. The second kappa shape index (κ2) is 5.94. The van der Waals surface area contributed by atoms with Crippen LogP contribution in [-0.2, 0) is 16.6 Å². The molecule has 0 spiro atoms. The fourth-order valence-corrected chi connectivity index (χ4v) is 3.56. The zero-order chi connectivity index (χ0) is 16.4. The van der Waals surface area contributed by atoms with E-state index >= 15 is 0 Å². The number of nitrogens with two attached hydrogens (primary N) is 1. The van der Waals surface area contributed by atoms with Gasteiger partial charge in [0.25, 0.3) is 0 Å². The van der Waals surface area contributed by atoms with Crippen LogP contribution in [0.1, 0.15) is 11.4 Å². The molecule has 0 aliphatic carbocycles. The number of anilines is 1. The van der Waals surface area contributed by atoms with Gasteiger partial charge in [0, 0.05) is 23.7 Å². The lowest BCUT2D eigenvalue weighted by Gasteiger charge is -2.10. The minimum atomic E-state index is -3.67. The van der Waals surface area contributed by atoms with Gasteiger partial charge in [-0.15, -0.1) is 0 Å². The second-order valence-corrected chi connectivity index (χ2v) is 6.86. The largest absolute Gasteiger partial charge is 0.383 e. The molecule has 118 valence electrons. The van der Waals surface area contributed by atoms with Crippen molar-refractivity contribution in [3.63, 3.8) is 0 Å². The van der Waals surface area contributed by atoms with Gasteiger partial charge in [-0.2, -0.15) is 0 Å². The molecule has 0 bridgehead atoms. The molecule has 0 fully saturated rings. The summed E-state index contributed by atoms with van der Waals surface area (Å²) >= 11 is 0. The Balaban J connectivity index is 1.92. The smallest absolute Gasteiger partial charge is 0.241 e. The number of aryl methyl sites for hydroxylation is 1. The number of fused-ring (bicyclic) bond motifs is 1. The first-order valence-electron chi connectivity index (χ1n) is 7.03. The van der Waals surface area contributed by atoms with Crippen LogP contribution in [0.4, 0.5) is 5.82 Å². The summed E-state index contributed by atoms with van der Waals surface area (Å²) in [5, 5.41) is 1.55. The molecule has 1 heterocycles. The minimum absolute atomic E-state index is 0.0394. The van der Waals surface area contributed by atoms with Gasteiger partial charge in [-0.3, -0.25) is 0 Å². The van der Waals surface area contributed by atoms with Crippen molar-refractivity contribution in [2.75, 3.05) is 5.73 Å². The summed E-state index contributed by atoms with van der Waals surface area (Å²) in [6.07, 6.45) is 1.53. The second-order valence-electron chi connectivity index (χ2n) is 5.13. The number of nitrogen functional groups attached to an aromatic ring is 1. The maximum absolute atomic E-state index is 12.6. The molecule has 0 amide bonds. The number of benzene rings is 2. The van der Waals surface area contributed by atoms with E-state index in [2.05, 4.69) is 14.7 Å². The monoisotopic (exact) mass is 328 g/mol. The first-order valence-corrected chi connectivity index (χ1v) is 8.51. The lowest BCUT2D eigenvalue weighted by atomic mass is 10.1. The number of rotatable bonds is 4. The first-order chi connectivity index (χ1) is 11.0. The lowest BCUT2D eigenvalue weighted by Crippen LogP contribution is -2.24. The Kier molecular flexibility index (Phi) is 3.97. The highest BCUT2D eigenvalue weighted by Gasteiger charge is 2.17. The Hall–Kier alpha value is -2.51. The molecular weight excluding hydrogens is 312 g/mol. The molecule has 0 radical (unpaired) electrons. The Morgan fingerprint density at radius 3 is 2.65 bits per heavy atom. The summed E-state index contributed by atoms with van der Waals surface area (Å²) in [6, 6.07) is 12.5. The molecular formula is C16H16N4O2S. The quantitative estimate of drug-likeness (QED) is 0.763. The van der Waals surface area contributed by atoms with Crippen molar-refractivity contribution in [1.29, 1.82) is 0 Å². The molecule has 0 aliphatic rings. The molecule has 7 heteroatoms. The standard InChI is InChI=1S/C16H16N4O2S/c1-11-18-9-13(16(17)20-11)10-19-23(21,22)15-8-4-6-12-5-2-3-7-14(12)15/h2-9,19H,10H2,1H3,(H2,17,18,20). The van der Waals surface area contributed by atoms with Gasteiger partial charge in [-0.25, -0.2) is 23.1 Å². The van der Waals surface area contributed by atoms with Gasteiger partial charge >= 0.3 is 0 Å². The zero-order valence-corrected chi connectivity index (χ0v) is 13.3. The van der Waals surface area contributed by atoms with E-state index in [-0.39, 0.29) is 17.3 Å². The van der Waals surface area contributed by atoms with Crippen LogP contribution >= 0.6 is 0 Å². The Morgan fingerprint density at radius 1 is 1.13 bits per heavy atom. The summed E-state index contributed by atoms with van der Waals surface area (Å²) in [5.74, 6) is 0.821. The van der Waals surface area contributed by atoms with Crippen molar-refractivity contribution in [2.24, 2.45) is 0 Å². The van der Waals surface area contributed by atoms with Crippen LogP contribution in [0.3, 0.4) is 0 Å². The molecule has 3 rings (SSSR count). The SMILES string of the molecule is Cc1ncc(CNS(=O)(=O)c2cccc3ccccc23)c(N)n1. The fourth-order valence-electron chi connectivity index (χ4n) is 2.33. The van der Waals surface area contributed by atoms with Crippen LogP contribution in [0.15, 0.2) is 53.6 Å². The first kappa shape index (κ1) is 15.4. The van der Waals surface area contributed by atoms with Crippen molar-refractivity contribution in [2.45, 2.75) is 18.4 Å². The number of aromatic nitrogens is 2. The van der Waals surface area contributed by atoms with Crippen LogP contribution in [0.25, 0.3) is 10.8 Å². The predicted octanol–water partition coefficient (Wildman–Crippen LogP) is 2.00. The molecule has 0 atom stereocenters. The van der Waals surface area contributed by atoms with Gasteiger partial charge in [-0.1, -0.05) is 36.4 Å². The molecule has 3 aromatic rings. The van der Waals surface area contributed by atoms with E-state index in [1.54, 1.807) is 25.1 Å². The van der Waals surface area contributed by atoms with Crippen LogP contribution in [0, 0.1) is 6.92 Å². The summed E-state index contributed by atoms with van der Waals surface area (Å²) in [5.41, 5.74) is 6.34. The highest BCUT2D eigenvalue weighted by Crippen LogP contribution is 2.22. The Labute approximate surface area is 134 Å². The minimum Gasteiger partial charge on any atom is -0.383 e. The summed E-state index contributed by atoms with van der Waals surface area (Å²) in [4.78, 5) is 8.30. The Bertz CT molecular complexity index is 965. The van der Waals surface area contributed by atoms with Gasteiger partial charge in [0.15, 0.2) is 0 Å². The summed E-state index contributed by atoms with van der Waals surface area (Å²) in [6.45, 7) is 1.76. The zero-order valence-electron chi connectivity index (χ0n) is 12.5. The topological polar surface area (TPSA) is 98.0 Å². The van der Waals surface area contributed by atoms with Crippen molar-refractivity contribution in [3.8, 4) is 0 Å². The molecule has 0 aliphatic heterocycles. The van der Waals surface area contributed by atoms with Crippen molar-refractivity contribution in [3.05, 3.63) is 60.0 Å². The van der Waals surface area contributed by atoms with E-state index in [0.29, 0.717) is 16.8 Å². The van der Waals surface area contributed by atoms with E-state index in [1.165, 1.54) is 6.20 Å². The molecule has 0 saturated carbocycles. The van der Waals surface area contributed by atoms with Gasteiger partial charge < -0.3 is 5.73 Å². The third kappa shape index (κ3) is 3.15. The van der Waals surface area contributed by atoms with Crippen molar-refractivity contribution >= 4 is 26.6 Å². The molecule has 0 unspecified atom stereocenters. The number of hydrogen-bond acceptors (Lipinski definition) is 5. The van der Waals surface area contributed by atoms with Crippen LogP contribution in [-0.4, -0.2) is 18.4 Å². The van der Waals surface area contributed by atoms with Crippen LogP contribution < -0.4 is 10.5 Å². The average Bonchev–Trinajstić information content (AvgIpc) is 2.53. The number of nitrogens with one attached hydrogen (secondary N) is 1. The normalized spacial score (nSPS) is 11.7. The highest BCUT2D eigenvalue weighted by atomic mass is 32.2. The number of nitrogens with zero attached hydrogens (tertiary/aromatic N) is 2. The summed E-state index contributed by atoms with van der Waals surface area (Å²) < 4.78 is 27.8. The molecule has 2 aromatic carbocycles. The average molecular weight is 328 g/mol. The molecule has 3 N–H and O–H groups in total. The third-order valence-corrected chi connectivity index (χ3v) is 4.97. The lowest BCUT2D eigenvalue weighted by molar-refractivity contribution is 0.582. The van der Waals surface area contributed by atoms with Gasteiger partial charge in [0.05, 0.1) is 4.90 Å². The third-order valence-electron chi connectivity index (χ3n) is 3.51. The number of sulfonamides is 1. The molecule has 6 nitrogen and oxygen atoms in total. The van der Waals surface area contributed by atoms with Gasteiger partial charge in [-0.05, 0) is 18.4 Å². The fraction of sp³-hybridized carbons (Fsp3) is 0.125. The summed E-state index contributed by atoms with van der Waals surface area (Å²) in [7, 11) is -3.67. The maximum Gasteiger partial charge on any atom is 0.241 e. The number of hydrogen-bond donors (Lipinski definition) is 2.